The van der Waals surface area contributed by atoms with Crippen LogP contribution in [0.5, 0.6) is 0 Å². The van der Waals surface area contributed by atoms with Crippen LogP contribution in [0.4, 0.5) is 23.9 Å². The monoisotopic (exact) mass is 412 g/mol. The fraction of sp³-hybridized carbons (Fsp3) is 0.333. The standard InChI is InChI=1S/C18H19F3N4S2/c19-18(20,21)14-6-2-3-7-15(14)23-17(26)24-22-12-13-8-9-16(27-13)25-10-4-1-5-11-25/h2-3,6-9,12H,1,4-5,10-11H2,(H2,23,24,26)/b22-12-. The predicted octanol–water partition coefficient (Wildman–Crippen LogP) is 5.08. The number of piperidine rings is 1. The molecule has 0 radical (unpaired) electrons. The fourth-order valence-electron chi connectivity index (χ4n) is 2.84. The summed E-state index contributed by atoms with van der Waals surface area (Å²) in [6.45, 7) is 2.14. The smallest absolute Gasteiger partial charge is 0.363 e. The van der Waals surface area contributed by atoms with Crippen molar-refractivity contribution in [2.24, 2.45) is 5.10 Å². The minimum absolute atomic E-state index is 0.00393. The normalized spacial score (nSPS) is 15.1. The van der Waals surface area contributed by atoms with Crippen molar-refractivity contribution in [3.05, 3.63) is 46.8 Å². The molecule has 2 N–H and O–H groups in total. The van der Waals surface area contributed by atoms with Gasteiger partial charge in [0.15, 0.2) is 5.11 Å². The largest absolute Gasteiger partial charge is 0.418 e. The summed E-state index contributed by atoms with van der Waals surface area (Å²) in [5.74, 6) is 0. The number of hydrogen-bond acceptors (Lipinski definition) is 4. The van der Waals surface area contributed by atoms with Gasteiger partial charge < -0.3 is 10.2 Å². The van der Waals surface area contributed by atoms with E-state index in [4.69, 9.17) is 12.2 Å². The van der Waals surface area contributed by atoms with Crippen LogP contribution in [-0.4, -0.2) is 24.4 Å². The number of thiocarbonyl (C=S) groups is 1. The van der Waals surface area contributed by atoms with Crippen LogP contribution in [0.15, 0.2) is 41.5 Å². The van der Waals surface area contributed by atoms with Gasteiger partial charge in [0.05, 0.1) is 22.5 Å². The average molecular weight is 413 g/mol. The number of alkyl halides is 3. The lowest BCUT2D eigenvalue weighted by atomic mass is 10.1. The van der Waals surface area contributed by atoms with E-state index in [0.29, 0.717) is 0 Å². The summed E-state index contributed by atoms with van der Waals surface area (Å²) in [6.07, 6.45) is 0.860. The molecule has 1 saturated heterocycles. The van der Waals surface area contributed by atoms with Crippen LogP contribution in [0, 0.1) is 0 Å². The first kappa shape index (κ1) is 19.6. The SMILES string of the molecule is FC(F)(F)c1ccccc1NC(=S)N/N=C\c1ccc(N2CCCCC2)s1. The number of nitrogens with zero attached hydrogens (tertiary/aromatic N) is 2. The molecule has 2 heterocycles. The van der Waals surface area contributed by atoms with Crippen molar-refractivity contribution in [3.8, 4) is 0 Å². The highest BCUT2D eigenvalue weighted by Crippen LogP contribution is 2.34. The molecule has 1 aromatic heterocycles. The number of rotatable bonds is 4. The van der Waals surface area contributed by atoms with Crippen molar-refractivity contribution in [3.63, 3.8) is 0 Å². The van der Waals surface area contributed by atoms with Gasteiger partial charge in [-0.3, -0.25) is 5.43 Å². The topological polar surface area (TPSA) is 39.7 Å². The fourth-order valence-corrected chi connectivity index (χ4v) is 3.93. The summed E-state index contributed by atoms with van der Waals surface area (Å²) in [7, 11) is 0. The summed E-state index contributed by atoms with van der Waals surface area (Å²) < 4.78 is 39.0. The third-order valence-electron chi connectivity index (χ3n) is 4.12. The second-order valence-corrected chi connectivity index (χ2v) is 7.59. The molecule has 0 aliphatic carbocycles. The lowest BCUT2D eigenvalue weighted by Gasteiger charge is -2.27. The molecule has 3 rings (SSSR count). The van der Waals surface area contributed by atoms with Crippen molar-refractivity contribution < 1.29 is 13.2 Å². The van der Waals surface area contributed by atoms with E-state index >= 15 is 0 Å². The van der Waals surface area contributed by atoms with Gasteiger partial charge in [-0.15, -0.1) is 11.3 Å². The quantitative estimate of drug-likeness (QED) is 0.418. The van der Waals surface area contributed by atoms with Crippen molar-refractivity contribution >= 4 is 45.6 Å². The number of benzene rings is 1. The first-order valence-corrected chi connectivity index (χ1v) is 9.77. The lowest BCUT2D eigenvalue weighted by molar-refractivity contribution is -0.136. The highest BCUT2D eigenvalue weighted by molar-refractivity contribution is 7.80. The predicted molar refractivity (Wildman–Crippen MR) is 109 cm³/mol. The third-order valence-corrected chi connectivity index (χ3v) is 5.39. The van der Waals surface area contributed by atoms with E-state index in [1.165, 1.54) is 42.5 Å². The molecule has 0 unspecified atom stereocenters. The van der Waals surface area contributed by atoms with Crippen molar-refractivity contribution in [2.75, 3.05) is 23.3 Å². The van der Waals surface area contributed by atoms with Gasteiger partial charge in [-0.05, 0) is 55.7 Å². The number of thiophene rings is 1. The van der Waals surface area contributed by atoms with E-state index in [1.807, 2.05) is 6.07 Å². The van der Waals surface area contributed by atoms with Gasteiger partial charge in [-0.25, -0.2) is 0 Å². The first-order valence-electron chi connectivity index (χ1n) is 8.54. The molecule has 27 heavy (non-hydrogen) atoms. The molecule has 1 aliphatic heterocycles. The molecule has 4 nitrogen and oxygen atoms in total. The Balaban J connectivity index is 1.56. The summed E-state index contributed by atoms with van der Waals surface area (Å²) in [5, 5.41) is 7.76. The molecule has 144 valence electrons. The molecule has 0 amide bonds. The Morgan fingerprint density at radius 1 is 1.11 bits per heavy atom. The van der Waals surface area contributed by atoms with Crippen LogP contribution < -0.4 is 15.6 Å². The Hall–Kier alpha value is -2.13. The number of hydrazone groups is 1. The van der Waals surface area contributed by atoms with E-state index in [0.717, 1.165) is 24.0 Å². The summed E-state index contributed by atoms with van der Waals surface area (Å²) >= 11 is 6.66. The Morgan fingerprint density at radius 2 is 1.85 bits per heavy atom. The summed E-state index contributed by atoms with van der Waals surface area (Å²) in [4.78, 5) is 3.31. The van der Waals surface area contributed by atoms with Gasteiger partial charge in [0.2, 0.25) is 0 Å². The van der Waals surface area contributed by atoms with Gasteiger partial charge in [0.25, 0.3) is 0 Å². The van der Waals surface area contributed by atoms with Crippen molar-refractivity contribution in [2.45, 2.75) is 25.4 Å². The van der Waals surface area contributed by atoms with Crippen molar-refractivity contribution in [1.82, 2.24) is 5.43 Å². The van der Waals surface area contributed by atoms with E-state index in [2.05, 4.69) is 26.8 Å². The Labute approximate surface area is 165 Å². The highest BCUT2D eigenvalue weighted by atomic mass is 32.1. The zero-order valence-electron chi connectivity index (χ0n) is 14.4. The second-order valence-electron chi connectivity index (χ2n) is 6.09. The molecule has 9 heteroatoms. The maximum Gasteiger partial charge on any atom is 0.418 e. The molecule has 1 fully saturated rings. The van der Waals surface area contributed by atoms with Crippen LogP contribution in [0.3, 0.4) is 0 Å². The molecule has 1 aliphatic rings. The Bertz CT molecular complexity index is 811. The third kappa shape index (κ3) is 5.43. The molecular formula is C18H19F3N4S2. The van der Waals surface area contributed by atoms with Crippen LogP contribution in [-0.2, 0) is 6.18 Å². The molecular weight excluding hydrogens is 393 g/mol. The highest BCUT2D eigenvalue weighted by Gasteiger charge is 2.33. The van der Waals surface area contributed by atoms with E-state index < -0.39 is 11.7 Å². The van der Waals surface area contributed by atoms with Crippen LogP contribution in [0.2, 0.25) is 0 Å². The Kier molecular flexibility index (Phi) is 6.33. The molecule has 0 bridgehead atoms. The maximum absolute atomic E-state index is 13.0. The molecule has 2 aromatic rings. The number of hydrogen-bond donors (Lipinski definition) is 2. The Morgan fingerprint density at radius 3 is 2.59 bits per heavy atom. The number of anilines is 2. The van der Waals surface area contributed by atoms with Gasteiger partial charge in [-0.2, -0.15) is 18.3 Å². The van der Waals surface area contributed by atoms with Crippen LogP contribution in [0.1, 0.15) is 29.7 Å². The zero-order valence-corrected chi connectivity index (χ0v) is 16.1. The minimum Gasteiger partial charge on any atom is -0.363 e. The summed E-state index contributed by atoms with van der Waals surface area (Å²) in [6, 6.07) is 9.20. The second kappa shape index (κ2) is 8.71. The molecule has 0 spiro atoms. The molecule has 0 atom stereocenters. The van der Waals surface area contributed by atoms with Crippen LogP contribution >= 0.6 is 23.6 Å². The maximum atomic E-state index is 13.0. The van der Waals surface area contributed by atoms with E-state index in [9.17, 15) is 13.2 Å². The average Bonchev–Trinajstić information content (AvgIpc) is 3.11. The van der Waals surface area contributed by atoms with E-state index in [-0.39, 0.29) is 10.8 Å². The lowest BCUT2D eigenvalue weighted by Crippen LogP contribution is -2.28. The van der Waals surface area contributed by atoms with E-state index in [1.54, 1.807) is 17.6 Å². The minimum atomic E-state index is -4.45. The number of para-hydroxylation sites is 1. The van der Waals surface area contributed by atoms with Gasteiger partial charge in [0.1, 0.15) is 0 Å². The first-order chi connectivity index (χ1) is 12.9. The van der Waals surface area contributed by atoms with Crippen molar-refractivity contribution in [1.29, 1.82) is 0 Å². The van der Waals surface area contributed by atoms with Gasteiger partial charge in [-0.1, -0.05) is 12.1 Å². The van der Waals surface area contributed by atoms with Crippen LogP contribution in [0.25, 0.3) is 0 Å². The molecule has 1 aromatic carbocycles. The molecule has 0 saturated carbocycles. The number of nitrogens with one attached hydrogen (secondary N) is 2. The van der Waals surface area contributed by atoms with Gasteiger partial charge >= 0.3 is 6.18 Å². The number of halogens is 3. The van der Waals surface area contributed by atoms with Gasteiger partial charge in [0, 0.05) is 18.0 Å². The zero-order chi connectivity index (χ0) is 19.3. The summed E-state index contributed by atoms with van der Waals surface area (Å²) in [5.41, 5.74) is 1.68.